The Balaban J connectivity index is 1.47. The highest BCUT2D eigenvalue weighted by molar-refractivity contribution is 9.10. The number of carbonyl (C=O) groups is 1. The quantitative estimate of drug-likeness (QED) is 0.655. The predicted octanol–water partition coefficient (Wildman–Crippen LogP) is 4.85. The lowest BCUT2D eigenvalue weighted by Crippen LogP contribution is -2.33. The maximum absolute atomic E-state index is 12.4. The minimum atomic E-state index is -0.0510. The third-order valence-electron chi connectivity index (χ3n) is 4.53. The average molecular weight is 417 g/mol. The fourth-order valence-electron chi connectivity index (χ4n) is 3.13. The van der Waals surface area contributed by atoms with E-state index in [2.05, 4.69) is 26.1 Å². The second-order valence-electron chi connectivity index (χ2n) is 6.60. The van der Waals surface area contributed by atoms with E-state index < -0.39 is 0 Å². The molecule has 5 heteroatoms. The minimum Gasteiger partial charge on any atom is -0.457 e. The first-order valence-electron chi connectivity index (χ1n) is 9.25. The number of hydrogen-bond donors (Lipinski definition) is 1. The van der Waals surface area contributed by atoms with Crippen LogP contribution in [0, 0.1) is 0 Å². The van der Waals surface area contributed by atoms with Crippen LogP contribution in [0.25, 0.3) is 0 Å². The van der Waals surface area contributed by atoms with Gasteiger partial charge in [0.15, 0.2) is 0 Å². The smallest absolute Gasteiger partial charge is 0.251 e. The van der Waals surface area contributed by atoms with Crippen LogP contribution in [0.4, 0.5) is 0 Å². The monoisotopic (exact) mass is 416 g/mol. The summed E-state index contributed by atoms with van der Waals surface area (Å²) in [6.07, 6.45) is 4.95. The molecule has 3 rings (SSSR count). The van der Waals surface area contributed by atoms with Crippen molar-refractivity contribution in [1.82, 2.24) is 10.2 Å². The lowest BCUT2D eigenvalue weighted by atomic mass is 10.1. The van der Waals surface area contributed by atoms with Gasteiger partial charge in [-0.15, -0.1) is 0 Å². The van der Waals surface area contributed by atoms with Gasteiger partial charge in [0.25, 0.3) is 5.91 Å². The van der Waals surface area contributed by atoms with Gasteiger partial charge in [0.05, 0.1) is 0 Å². The highest BCUT2D eigenvalue weighted by Gasteiger charge is 2.10. The van der Waals surface area contributed by atoms with Gasteiger partial charge in [-0.05, 0) is 81.4 Å². The normalized spacial score (nSPS) is 14.8. The fraction of sp³-hybridized carbons (Fsp3) is 0.381. The van der Waals surface area contributed by atoms with Crippen LogP contribution in [0.5, 0.6) is 11.5 Å². The molecule has 26 heavy (non-hydrogen) atoms. The number of rotatable bonds is 7. The van der Waals surface area contributed by atoms with Gasteiger partial charge in [-0.25, -0.2) is 0 Å². The number of nitrogens with zero attached hydrogens (tertiary/aromatic N) is 1. The van der Waals surface area contributed by atoms with E-state index in [1.54, 1.807) is 6.07 Å². The molecule has 0 bridgehead atoms. The average Bonchev–Trinajstić information content (AvgIpc) is 2.68. The number of piperidine rings is 1. The molecular formula is C21H25BrN2O2. The summed E-state index contributed by atoms with van der Waals surface area (Å²) in [5, 5.41) is 3.01. The standard InChI is InChI=1S/C21H25BrN2O2/c22-18-8-10-19(11-9-18)26-20-7-4-6-17(16-20)21(25)23-12-5-15-24-13-2-1-3-14-24/h4,6-11,16H,1-3,5,12-15H2,(H,23,25). The van der Waals surface area contributed by atoms with Crippen LogP contribution in [0.15, 0.2) is 53.0 Å². The van der Waals surface area contributed by atoms with Gasteiger partial charge in [-0.3, -0.25) is 4.79 Å². The maximum atomic E-state index is 12.4. The fourth-order valence-corrected chi connectivity index (χ4v) is 3.39. The van der Waals surface area contributed by atoms with E-state index >= 15 is 0 Å². The van der Waals surface area contributed by atoms with Gasteiger partial charge < -0.3 is 15.0 Å². The second kappa shape index (κ2) is 9.74. The molecule has 1 aliphatic rings. The summed E-state index contributed by atoms with van der Waals surface area (Å²) >= 11 is 3.41. The Hall–Kier alpha value is -1.85. The van der Waals surface area contributed by atoms with E-state index in [0.29, 0.717) is 17.9 Å². The van der Waals surface area contributed by atoms with Crippen molar-refractivity contribution in [2.75, 3.05) is 26.2 Å². The molecule has 2 aromatic carbocycles. The molecular weight excluding hydrogens is 392 g/mol. The van der Waals surface area contributed by atoms with Gasteiger partial charge in [-0.2, -0.15) is 0 Å². The van der Waals surface area contributed by atoms with Crippen LogP contribution in [0.2, 0.25) is 0 Å². The highest BCUT2D eigenvalue weighted by Crippen LogP contribution is 2.24. The first-order valence-corrected chi connectivity index (χ1v) is 10.0. The predicted molar refractivity (Wildman–Crippen MR) is 108 cm³/mol. The van der Waals surface area contributed by atoms with E-state index in [1.807, 2.05) is 42.5 Å². The van der Waals surface area contributed by atoms with Crippen molar-refractivity contribution >= 4 is 21.8 Å². The van der Waals surface area contributed by atoms with E-state index in [-0.39, 0.29) is 5.91 Å². The van der Waals surface area contributed by atoms with E-state index in [1.165, 1.54) is 32.4 Å². The molecule has 1 fully saturated rings. The molecule has 1 amide bonds. The number of hydrogen-bond acceptors (Lipinski definition) is 3. The Morgan fingerprint density at radius 3 is 2.58 bits per heavy atom. The molecule has 1 N–H and O–H groups in total. The molecule has 0 aromatic heterocycles. The molecule has 2 aromatic rings. The van der Waals surface area contributed by atoms with Crippen molar-refractivity contribution in [1.29, 1.82) is 0 Å². The summed E-state index contributed by atoms with van der Waals surface area (Å²) < 4.78 is 6.82. The number of halogens is 1. The van der Waals surface area contributed by atoms with Gasteiger partial charge in [-0.1, -0.05) is 28.4 Å². The Morgan fingerprint density at radius 1 is 1.04 bits per heavy atom. The van der Waals surface area contributed by atoms with Crippen molar-refractivity contribution in [3.05, 3.63) is 58.6 Å². The molecule has 0 saturated carbocycles. The summed E-state index contributed by atoms with van der Waals surface area (Å²) in [6, 6.07) is 14.9. The topological polar surface area (TPSA) is 41.6 Å². The summed E-state index contributed by atoms with van der Waals surface area (Å²) in [6.45, 7) is 4.16. The third kappa shape index (κ3) is 5.85. The number of benzene rings is 2. The number of ether oxygens (including phenoxy) is 1. The third-order valence-corrected chi connectivity index (χ3v) is 5.06. The molecule has 4 nitrogen and oxygen atoms in total. The molecule has 0 radical (unpaired) electrons. The Morgan fingerprint density at radius 2 is 1.81 bits per heavy atom. The number of amides is 1. The van der Waals surface area contributed by atoms with E-state index in [9.17, 15) is 4.79 Å². The van der Waals surface area contributed by atoms with Crippen LogP contribution < -0.4 is 10.1 Å². The van der Waals surface area contributed by atoms with Crippen molar-refractivity contribution < 1.29 is 9.53 Å². The maximum Gasteiger partial charge on any atom is 0.251 e. The van der Waals surface area contributed by atoms with Crippen molar-refractivity contribution in [3.63, 3.8) is 0 Å². The second-order valence-corrected chi connectivity index (χ2v) is 7.51. The summed E-state index contributed by atoms with van der Waals surface area (Å²) in [5.41, 5.74) is 0.623. The zero-order valence-corrected chi connectivity index (χ0v) is 16.5. The molecule has 1 aliphatic heterocycles. The number of carbonyl (C=O) groups excluding carboxylic acids is 1. The first kappa shape index (κ1) is 18.9. The van der Waals surface area contributed by atoms with Crippen LogP contribution in [0.3, 0.4) is 0 Å². The number of nitrogens with one attached hydrogen (secondary N) is 1. The highest BCUT2D eigenvalue weighted by atomic mass is 79.9. The molecule has 0 spiro atoms. The molecule has 1 heterocycles. The van der Waals surface area contributed by atoms with E-state index in [0.717, 1.165) is 23.2 Å². The summed E-state index contributed by atoms with van der Waals surface area (Å²) in [5.74, 6) is 1.35. The zero-order valence-electron chi connectivity index (χ0n) is 14.9. The largest absolute Gasteiger partial charge is 0.457 e. The van der Waals surface area contributed by atoms with Crippen molar-refractivity contribution in [2.24, 2.45) is 0 Å². The molecule has 0 aliphatic carbocycles. The lowest BCUT2D eigenvalue weighted by molar-refractivity contribution is 0.0951. The van der Waals surface area contributed by atoms with Gasteiger partial charge in [0.1, 0.15) is 11.5 Å². The first-order chi connectivity index (χ1) is 12.7. The van der Waals surface area contributed by atoms with Gasteiger partial charge in [0, 0.05) is 16.6 Å². The lowest BCUT2D eigenvalue weighted by Gasteiger charge is -2.26. The Kier molecular flexibility index (Phi) is 7.09. The molecule has 0 unspecified atom stereocenters. The summed E-state index contributed by atoms with van der Waals surface area (Å²) in [7, 11) is 0. The SMILES string of the molecule is O=C(NCCCN1CCCCC1)c1cccc(Oc2ccc(Br)cc2)c1. The zero-order chi connectivity index (χ0) is 18.2. The Bertz CT molecular complexity index is 712. The van der Waals surface area contributed by atoms with Crippen LogP contribution in [-0.4, -0.2) is 37.0 Å². The van der Waals surface area contributed by atoms with Crippen LogP contribution in [0.1, 0.15) is 36.0 Å². The van der Waals surface area contributed by atoms with Crippen LogP contribution >= 0.6 is 15.9 Å². The van der Waals surface area contributed by atoms with E-state index in [4.69, 9.17) is 4.74 Å². The van der Waals surface area contributed by atoms with Gasteiger partial charge in [0.2, 0.25) is 0 Å². The van der Waals surface area contributed by atoms with Gasteiger partial charge >= 0.3 is 0 Å². The summed E-state index contributed by atoms with van der Waals surface area (Å²) in [4.78, 5) is 14.8. The van der Waals surface area contributed by atoms with Crippen molar-refractivity contribution in [3.8, 4) is 11.5 Å². The molecule has 0 atom stereocenters. The van der Waals surface area contributed by atoms with Crippen LogP contribution in [-0.2, 0) is 0 Å². The molecule has 138 valence electrons. The molecule has 1 saturated heterocycles. The van der Waals surface area contributed by atoms with Crippen molar-refractivity contribution in [2.45, 2.75) is 25.7 Å². The number of likely N-dealkylation sites (tertiary alicyclic amines) is 1. The Labute approximate surface area is 163 Å². The minimum absolute atomic E-state index is 0.0510.